The summed E-state index contributed by atoms with van der Waals surface area (Å²) >= 11 is 0. The Kier molecular flexibility index (Phi) is 4.10. The molecular formula is C11H16N2O3. The lowest BCUT2D eigenvalue weighted by atomic mass is 10.1. The van der Waals surface area contributed by atoms with Crippen LogP contribution in [-0.4, -0.2) is 22.7 Å². The van der Waals surface area contributed by atoms with Crippen molar-refractivity contribution >= 4 is 11.7 Å². The monoisotopic (exact) mass is 224 g/mol. The molecule has 0 aliphatic carbocycles. The topological polar surface area (TPSA) is 85.4 Å². The predicted octanol–water partition coefficient (Wildman–Crippen LogP) is 1.79. The lowest BCUT2D eigenvalue weighted by Crippen LogP contribution is -2.06. The number of anilines is 1. The van der Waals surface area contributed by atoms with E-state index in [1.54, 1.807) is 0 Å². The highest BCUT2D eigenvalue weighted by atomic mass is 16.5. The molecule has 0 fully saturated rings. The van der Waals surface area contributed by atoms with Gasteiger partial charge in [-0.1, -0.05) is 13.8 Å². The SMILES string of the molecule is CC(C)CCOc1ncc(C(=O)O)cc1N. The molecule has 0 bridgehead atoms. The average Bonchev–Trinajstić information content (AvgIpc) is 2.19. The zero-order valence-electron chi connectivity index (χ0n) is 9.43. The van der Waals surface area contributed by atoms with E-state index in [9.17, 15) is 4.79 Å². The van der Waals surface area contributed by atoms with Crippen LogP contribution >= 0.6 is 0 Å². The van der Waals surface area contributed by atoms with E-state index >= 15 is 0 Å². The van der Waals surface area contributed by atoms with Crippen molar-refractivity contribution < 1.29 is 14.6 Å². The maximum Gasteiger partial charge on any atom is 0.337 e. The van der Waals surface area contributed by atoms with Gasteiger partial charge in [0.2, 0.25) is 5.88 Å². The summed E-state index contributed by atoms with van der Waals surface area (Å²) in [6.45, 7) is 4.71. The number of hydrogen-bond acceptors (Lipinski definition) is 4. The van der Waals surface area contributed by atoms with Crippen molar-refractivity contribution in [1.29, 1.82) is 0 Å². The summed E-state index contributed by atoms with van der Waals surface area (Å²) in [7, 11) is 0. The molecule has 1 aromatic heterocycles. The molecule has 0 atom stereocenters. The molecule has 3 N–H and O–H groups in total. The summed E-state index contributed by atoms with van der Waals surface area (Å²) in [6, 6.07) is 1.35. The zero-order chi connectivity index (χ0) is 12.1. The molecule has 5 heteroatoms. The van der Waals surface area contributed by atoms with Crippen LogP contribution in [0.2, 0.25) is 0 Å². The number of carboxylic acids is 1. The number of nitrogen functional groups attached to an aromatic ring is 1. The van der Waals surface area contributed by atoms with E-state index in [0.29, 0.717) is 18.4 Å². The first kappa shape index (κ1) is 12.3. The van der Waals surface area contributed by atoms with Crippen LogP contribution in [0.5, 0.6) is 5.88 Å². The number of aromatic carboxylic acids is 1. The molecule has 0 radical (unpaired) electrons. The molecule has 0 unspecified atom stereocenters. The van der Waals surface area contributed by atoms with Gasteiger partial charge in [-0.05, 0) is 18.4 Å². The van der Waals surface area contributed by atoms with Gasteiger partial charge >= 0.3 is 5.97 Å². The Morgan fingerprint density at radius 3 is 2.81 bits per heavy atom. The maximum atomic E-state index is 10.6. The molecule has 1 aromatic rings. The highest BCUT2D eigenvalue weighted by Gasteiger charge is 2.08. The first-order valence-corrected chi connectivity index (χ1v) is 5.12. The number of nitrogens with zero attached hydrogens (tertiary/aromatic N) is 1. The van der Waals surface area contributed by atoms with Crippen molar-refractivity contribution in [3.63, 3.8) is 0 Å². The highest BCUT2D eigenvalue weighted by molar-refractivity contribution is 5.88. The number of carbonyl (C=O) groups is 1. The first-order valence-electron chi connectivity index (χ1n) is 5.12. The molecule has 5 nitrogen and oxygen atoms in total. The Morgan fingerprint density at radius 2 is 2.31 bits per heavy atom. The Morgan fingerprint density at radius 1 is 1.62 bits per heavy atom. The minimum absolute atomic E-state index is 0.0636. The van der Waals surface area contributed by atoms with Gasteiger partial charge < -0.3 is 15.6 Å². The lowest BCUT2D eigenvalue weighted by molar-refractivity contribution is 0.0696. The van der Waals surface area contributed by atoms with Crippen molar-refractivity contribution in [2.75, 3.05) is 12.3 Å². The quantitative estimate of drug-likeness (QED) is 0.796. The largest absolute Gasteiger partial charge is 0.478 e. The van der Waals surface area contributed by atoms with Gasteiger partial charge in [0, 0.05) is 6.20 Å². The number of pyridine rings is 1. The third-order valence-corrected chi connectivity index (χ3v) is 2.06. The fraction of sp³-hybridized carbons (Fsp3) is 0.455. The molecular weight excluding hydrogens is 208 g/mol. The van der Waals surface area contributed by atoms with Gasteiger partial charge in [0.15, 0.2) is 0 Å². The number of hydrogen-bond donors (Lipinski definition) is 2. The normalized spacial score (nSPS) is 10.4. The van der Waals surface area contributed by atoms with E-state index in [2.05, 4.69) is 18.8 Å². The van der Waals surface area contributed by atoms with Gasteiger partial charge in [0.25, 0.3) is 0 Å². The Balaban J connectivity index is 2.64. The van der Waals surface area contributed by atoms with Crippen LogP contribution in [0.15, 0.2) is 12.3 Å². The fourth-order valence-electron chi connectivity index (χ4n) is 1.10. The van der Waals surface area contributed by atoms with E-state index in [4.69, 9.17) is 15.6 Å². The van der Waals surface area contributed by atoms with Crippen molar-refractivity contribution in [2.24, 2.45) is 5.92 Å². The Labute approximate surface area is 94.2 Å². The smallest absolute Gasteiger partial charge is 0.337 e. The molecule has 1 heterocycles. The Bertz CT molecular complexity index is 377. The molecule has 0 saturated carbocycles. The summed E-state index contributed by atoms with van der Waals surface area (Å²) in [6.07, 6.45) is 2.14. The van der Waals surface area contributed by atoms with Crippen LogP contribution in [0.1, 0.15) is 30.6 Å². The van der Waals surface area contributed by atoms with Crippen LogP contribution in [0.4, 0.5) is 5.69 Å². The second-order valence-corrected chi connectivity index (χ2v) is 3.95. The minimum atomic E-state index is -1.05. The number of rotatable bonds is 5. The van der Waals surface area contributed by atoms with Gasteiger partial charge in [-0.25, -0.2) is 9.78 Å². The summed E-state index contributed by atoms with van der Waals surface area (Å²) in [5.41, 5.74) is 5.94. The fourth-order valence-corrected chi connectivity index (χ4v) is 1.10. The molecule has 0 spiro atoms. The highest BCUT2D eigenvalue weighted by Crippen LogP contribution is 2.19. The standard InChI is InChI=1S/C11H16N2O3/c1-7(2)3-4-16-10-9(12)5-8(6-13-10)11(14)15/h5-7H,3-4,12H2,1-2H3,(H,14,15). The van der Waals surface area contributed by atoms with Crippen LogP contribution in [0.3, 0.4) is 0 Å². The third-order valence-electron chi connectivity index (χ3n) is 2.06. The number of carboxylic acid groups (broad SMARTS) is 1. The minimum Gasteiger partial charge on any atom is -0.478 e. The molecule has 0 amide bonds. The molecule has 0 aromatic carbocycles. The summed E-state index contributed by atoms with van der Waals surface area (Å²) in [5.74, 6) is -0.210. The van der Waals surface area contributed by atoms with E-state index in [1.807, 2.05) is 0 Å². The second kappa shape index (κ2) is 5.34. The molecule has 16 heavy (non-hydrogen) atoms. The van der Waals surface area contributed by atoms with Crippen LogP contribution in [-0.2, 0) is 0 Å². The number of ether oxygens (including phenoxy) is 1. The van der Waals surface area contributed by atoms with Gasteiger partial charge in [0.1, 0.15) is 0 Å². The van der Waals surface area contributed by atoms with Crippen LogP contribution < -0.4 is 10.5 Å². The van der Waals surface area contributed by atoms with Gasteiger partial charge in [0.05, 0.1) is 17.9 Å². The van der Waals surface area contributed by atoms with Gasteiger partial charge in [-0.3, -0.25) is 0 Å². The van der Waals surface area contributed by atoms with Crippen molar-refractivity contribution in [1.82, 2.24) is 4.98 Å². The van der Waals surface area contributed by atoms with Crippen LogP contribution in [0.25, 0.3) is 0 Å². The molecule has 1 rings (SSSR count). The van der Waals surface area contributed by atoms with Crippen molar-refractivity contribution in [2.45, 2.75) is 20.3 Å². The average molecular weight is 224 g/mol. The molecule has 88 valence electrons. The summed E-state index contributed by atoms with van der Waals surface area (Å²) < 4.78 is 5.35. The maximum absolute atomic E-state index is 10.6. The van der Waals surface area contributed by atoms with Gasteiger partial charge in [-0.2, -0.15) is 0 Å². The van der Waals surface area contributed by atoms with E-state index < -0.39 is 5.97 Å². The predicted molar refractivity (Wildman–Crippen MR) is 60.6 cm³/mol. The second-order valence-electron chi connectivity index (χ2n) is 3.95. The van der Waals surface area contributed by atoms with Crippen molar-refractivity contribution in [3.8, 4) is 5.88 Å². The molecule has 0 aliphatic heterocycles. The Hall–Kier alpha value is -1.78. The number of aromatic nitrogens is 1. The molecule has 0 saturated heterocycles. The van der Waals surface area contributed by atoms with E-state index in [-0.39, 0.29) is 11.3 Å². The lowest BCUT2D eigenvalue weighted by Gasteiger charge is -2.09. The first-order chi connectivity index (χ1) is 7.50. The van der Waals surface area contributed by atoms with Crippen molar-refractivity contribution in [3.05, 3.63) is 17.8 Å². The van der Waals surface area contributed by atoms with Crippen LogP contribution in [0, 0.1) is 5.92 Å². The number of nitrogens with two attached hydrogens (primary N) is 1. The molecule has 0 aliphatic rings. The summed E-state index contributed by atoms with van der Waals surface area (Å²) in [5, 5.41) is 8.71. The summed E-state index contributed by atoms with van der Waals surface area (Å²) in [4.78, 5) is 14.5. The van der Waals surface area contributed by atoms with E-state index in [0.717, 1.165) is 6.42 Å². The van der Waals surface area contributed by atoms with E-state index in [1.165, 1.54) is 12.3 Å². The third kappa shape index (κ3) is 3.42. The van der Waals surface area contributed by atoms with Gasteiger partial charge in [-0.15, -0.1) is 0 Å². The zero-order valence-corrected chi connectivity index (χ0v) is 9.43.